The largest absolute Gasteiger partial charge is 0.463 e. The fourth-order valence-electron chi connectivity index (χ4n) is 1.16. The van der Waals surface area contributed by atoms with Gasteiger partial charge in [-0.25, -0.2) is 4.79 Å². The van der Waals surface area contributed by atoms with Crippen molar-refractivity contribution in [2.75, 3.05) is 19.7 Å². The van der Waals surface area contributed by atoms with Crippen LogP contribution < -0.4 is 5.32 Å². The summed E-state index contributed by atoms with van der Waals surface area (Å²) in [5, 5.41) is 7.24. The van der Waals surface area contributed by atoms with E-state index in [0.29, 0.717) is 13.2 Å². The monoisotopic (exact) mass is 223 g/mol. The molecule has 5 nitrogen and oxygen atoms in total. The van der Waals surface area contributed by atoms with Crippen molar-refractivity contribution in [1.29, 1.82) is 0 Å². The van der Waals surface area contributed by atoms with Crippen LogP contribution in [0.15, 0.2) is 30.6 Å². The molecule has 0 amide bonds. The summed E-state index contributed by atoms with van der Waals surface area (Å²) in [6.07, 6.45) is 6.85. The average Bonchev–Trinajstić information content (AvgIpc) is 2.76. The van der Waals surface area contributed by atoms with Crippen molar-refractivity contribution in [3.63, 3.8) is 0 Å². The quantitative estimate of drug-likeness (QED) is 0.417. The molecule has 0 spiro atoms. The van der Waals surface area contributed by atoms with Crippen LogP contribution in [-0.4, -0.2) is 35.4 Å². The van der Waals surface area contributed by atoms with Crippen LogP contribution in [0.2, 0.25) is 0 Å². The van der Waals surface area contributed by atoms with Gasteiger partial charge in [0.15, 0.2) is 0 Å². The number of rotatable bonds is 7. The molecule has 0 unspecified atom stereocenters. The smallest absolute Gasteiger partial charge is 0.330 e. The zero-order valence-electron chi connectivity index (χ0n) is 9.43. The van der Waals surface area contributed by atoms with E-state index in [1.165, 1.54) is 6.08 Å². The second-order valence-electron chi connectivity index (χ2n) is 3.13. The van der Waals surface area contributed by atoms with E-state index in [0.717, 1.165) is 13.1 Å². The van der Waals surface area contributed by atoms with E-state index < -0.39 is 0 Å². The summed E-state index contributed by atoms with van der Waals surface area (Å²) < 4.78 is 6.59. The molecule has 1 aromatic rings. The second kappa shape index (κ2) is 7.64. The first kappa shape index (κ1) is 12.4. The van der Waals surface area contributed by atoms with Gasteiger partial charge in [-0.1, -0.05) is 6.08 Å². The minimum absolute atomic E-state index is 0.295. The minimum atomic E-state index is -0.295. The van der Waals surface area contributed by atoms with Crippen molar-refractivity contribution in [3.8, 4) is 0 Å². The van der Waals surface area contributed by atoms with E-state index in [9.17, 15) is 4.79 Å². The van der Waals surface area contributed by atoms with E-state index in [2.05, 4.69) is 10.4 Å². The van der Waals surface area contributed by atoms with Crippen LogP contribution in [0, 0.1) is 0 Å². The van der Waals surface area contributed by atoms with Gasteiger partial charge in [0.1, 0.15) is 0 Å². The lowest BCUT2D eigenvalue weighted by Crippen LogP contribution is -2.20. The van der Waals surface area contributed by atoms with Crippen molar-refractivity contribution in [1.82, 2.24) is 15.1 Å². The first-order chi connectivity index (χ1) is 7.83. The van der Waals surface area contributed by atoms with Crippen LogP contribution in [0.1, 0.15) is 6.92 Å². The SMILES string of the molecule is CCOC(=O)/C=C/CNCCn1cccn1. The predicted molar refractivity (Wildman–Crippen MR) is 60.9 cm³/mol. The topological polar surface area (TPSA) is 56.1 Å². The molecule has 1 N–H and O–H groups in total. The Morgan fingerprint density at radius 3 is 3.19 bits per heavy atom. The second-order valence-corrected chi connectivity index (χ2v) is 3.13. The van der Waals surface area contributed by atoms with E-state index in [1.54, 1.807) is 19.2 Å². The molecular weight excluding hydrogens is 206 g/mol. The van der Waals surface area contributed by atoms with Gasteiger partial charge in [0.05, 0.1) is 13.2 Å². The number of nitrogens with one attached hydrogen (secondary N) is 1. The molecule has 0 fully saturated rings. The van der Waals surface area contributed by atoms with Gasteiger partial charge in [0.2, 0.25) is 0 Å². The highest BCUT2D eigenvalue weighted by Crippen LogP contribution is 1.83. The number of nitrogens with zero attached hydrogens (tertiary/aromatic N) is 2. The lowest BCUT2D eigenvalue weighted by molar-refractivity contribution is -0.137. The number of ether oxygens (including phenoxy) is 1. The summed E-state index contributed by atoms with van der Waals surface area (Å²) in [5.41, 5.74) is 0. The van der Waals surface area contributed by atoms with Gasteiger partial charge in [0, 0.05) is 31.6 Å². The molecule has 5 heteroatoms. The van der Waals surface area contributed by atoms with Crippen molar-refractivity contribution < 1.29 is 9.53 Å². The Morgan fingerprint density at radius 1 is 1.62 bits per heavy atom. The molecule has 0 aliphatic carbocycles. The molecule has 0 saturated carbocycles. The first-order valence-electron chi connectivity index (χ1n) is 5.34. The van der Waals surface area contributed by atoms with Crippen LogP contribution in [0.4, 0.5) is 0 Å². The number of esters is 1. The maximum absolute atomic E-state index is 10.9. The maximum atomic E-state index is 10.9. The number of aromatic nitrogens is 2. The Balaban J connectivity index is 2.01. The number of carbonyl (C=O) groups is 1. The Hall–Kier alpha value is -1.62. The molecule has 1 aromatic heterocycles. The molecule has 0 aliphatic rings. The lowest BCUT2D eigenvalue weighted by atomic mass is 10.4. The van der Waals surface area contributed by atoms with Gasteiger partial charge in [-0.05, 0) is 13.0 Å². The van der Waals surface area contributed by atoms with Crippen LogP contribution in [0.3, 0.4) is 0 Å². The molecule has 0 aromatic carbocycles. The highest BCUT2D eigenvalue weighted by atomic mass is 16.5. The molecule has 0 saturated heterocycles. The number of carbonyl (C=O) groups excluding carboxylic acids is 1. The van der Waals surface area contributed by atoms with Crippen molar-refractivity contribution in [2.24, 2.45) is 0 Å². The first-order valence-corrected chi connectivity index (χ1v) is 5.34. The standard InChI is InChI=1S/C11H17N3O2/c1-2-16-11(15)5-3-6-12-8-10-14-9-4-7-13-14/h3-5,7,9,12H,2,6,8,10H2,1H3/b5-3+. The van der Waals surface area contributed by atoms with E-state index in [-0.39, 0.29) is 5.97 Å². The Bertz CT molecular complexity index is 320. The van der Waals surface area contributed by atoms with Crippen LogP contribution in [-0.2, 0) is 16.1 Å². The molecule has 0 bridgehead atoms. The van der Waals surface area contributed by atoms with E-state index in [1.807, 2.05) is 16.9 Å². The molecule has 16 heavy (non-hydrogen) atoms. The Labute approximate surface area is 95.1 Å². The summed E-state index contributed by atoms with van der Waals surface area (Å²) in [5.74, 6) is -0.295. The van der Waals surface area contributed by atoms with Crippen LogP contribution >= 0.6 is 0 Å². The Morgan fingerprint density at radius 2 is 2.50 bits per heavy atom. The summed E-state index contributed by atoms with van der Waals surface area (Å²) >= 11 is 0. The lowest BCUT2D eigenvalue weighted by Gasteiger charge is -2.01. The van der Waals surface area contributed by atoms with Gasteiger partial charge < -0.3 is 10.1 Å². The molecule has 1 heterocycles. The minimum Gasteiger partial charge on any atom is -0.463 e. The third-order valence-corrected chi connectivity index (χ3v) is 1.88. The average molecular weight is 223 g/mol. The molecule has 1 rings (SSSR count). The van der Waals surface area contributed by atoms with Gasteiger partial charge in [0.25, 0.3) is 0 Å². The molecule has 88 valence electrons. The normalized spacial score (nSPS) is 10.8. The molecule has 0 atom stereocenters. The Kier molecular flexibility index (Phi) is 5.95. The van der Waals surface area contributed by atoms with Crippen molar-refractivity contribution in [2.45, 2.75) is 13.5 Å². The fraction of sp³-hybridized carbons (Fsp3) is 0.455. The summed E-state index contributed by atoms with van der Waals surface area (Å²) in [6, 6.07) is 1.89. The summed E-state index contributed by atoms with van der Waals surface area (Å²) in [7, 11) is 0. The van der Waals surface area contributed by atoms with Crippen LogP contribution in [0.25, 0.3) is 0 Å². The number of hydrogen-bond donors (Lipinski definition) is 1. The number of hydrogen-bond acceptors (Lipinski definition) is 4. The summed E-state index contributed by atoms with van der Waals surface area (Å²) in [6.45, 7) is 4.49. The third-order valence-electron chi connectivity index (χ3n) is 1.88. The van der Waals surface area contributed by atoms with Crippen molar-refractivity contribution >= 4 is 5.97 Å². The van der Waals surface area contributed by atoms with Gasteiger partial charge >= 0.3 is 5.97 Å². The zero-order chi connectivity index (χ0) is 11.6. The third kappa shape index (κ3) is 5.31. The van der Waals surface area contributed by atoms with Crippen molar-refractivity contribution in [3.05, 3.63) is 30.6 Å². The highest BCUT2D eigenvalue weighted by Gasteiger charge is 1.92. The maximum Gasteiger partial charge on any atom is 0.330 e. The predicted octanol–water partition coefficient (Wildman–Crippen LogP) is 0.592. The highest BCUT2D eigenvalue weighted by molar-refractivity contribution is 5.81. The molecular formula is C11H17N3O2. The van der Waals surface area contributed by atoms with E-state index >= 15 is 0 Å². The molecule has 0 radical (unpaired) electrons. The van der Waals surface area contributed by atoms with Gasteiger partial charge in [-0.15, -0.1) is 0 Å². The van der Waals surface area contributed by atoms with E-state index in [4.69, 9.17) is 4.74 Å². The van der Waals surface area contributed by atoms with Gasteiger partial charge in [-0.3, -0.25) is 4.68 Å². The fourth-order valence-corrected chi connectivity index (χ4v) is 1.16. The van der Waals surface area contributed by atoms with Crippen LogP contribution in [0.5, 0.6) is 0 Å². The van der Waals surface area contributed by atoms with Gasteiger partial charge in [-0.2, -0.15) is 5.10 Å². The summed E-state index contributed by atoms with van der Waals surface area (Å²) in [4.78, 5) is 10.9. The molecule has 0 aliphatic heterocycles. The zero-order valence-corrected chi connectivity index (χ0v) is 9.43.